The number of aryl methyl sites for hydroxylation is 1. The Balaban J connectivity index is 1.35. The number of nitrogens with one attached hydrogen (secondary N) is 3. The largest absolute Gasteiger partial charge is 0.480 e. The summed E-state index contributed by atoms with van der Waals surface area (Å²) in [5.41, 5.74) is 3.11. The van der Waals surface area contributed by atoms with Crippen LogP contribution < -0.4 is 16.0 Å². The number of carbonyl (C=O) groups is 3. The number of carboxylic acid groups (broad SMARTS) is 1. The van der Waals surface area contributed by atoms with Crippen molar-refractivity contribution in [3.8, 4) is 0 Å². The molecule has 0 aliphatic carbocycles. The fourth-order valence-electron chi connectivity index (χ4n) is 3.71. The Morgan fingerprint density at radius 3 is 2.31 bits per heavy atom. The third kappa shape index (κ3) is 7.82. The molecule has 1 aromatic heterocycles. The van der Waals surface area contributed by atoms with Gasteiger partial charge in [0.2, 0.25) is 5.91 Å². The Labute approximate surface area is 209 Å². The number of fused-ring (bicyclic) bond motifs is 1. The van der Waals surface area contributed by atoms with Gasteiger partial charge in [0, 0.05) is 12.1 Å². The van der Waals surface area contributed by atoms with Crippen LogP contribution in [-0.4, -0.2) is 63.6 Å². The van der Waals surface area contributed by atoms with Crippen LogP contribution in [0.15, 0.2) is 54.6 Å². The highest BCUT2D eigenvalue weighted by molar-refractivity contribution is 5.96. The van der Waals surface area contributed by atoms with Crippen LogP contribution >= 0.6 is 0 Å². The summed E-state index contributed by atoms with van der Waals surface area (Å²) in [6.07, 6.45) is 0.623. The van der Waals surface area contributed by atoms with Gasteiger partial charge < -0.3 is 26.2 Å². The van der Waals surface area contributed by atoms with E-state index in [0.717, 1.165) is 11.0 Å². The minimum absolute atomic E-state index is 0.243. The zero-order valence-corrected chi connectivity index (χ0v) is 20.1. The van der Waals surface area contributed by atoms with E-state index >= 15 is 0 Å². The Bertz CT molecular complexity index is 1190. The number of para-hydroxylation sites is 2. The number of carbonyl (C=O) groups excluding carboxylic acids is 2. The van der Waals surface area contributed by atoms with Gasteiger partial charge in [0.1, 0.15) is 12.1 Å². The summed E-state index contributed by atoms with van der Waals surface area (Å²) in [4.78, 5) is 44.7. The molecule has 0 saturated heterocycles. The molecular formula is C26H31N5O5. The second-order valence-corrected chi connectivity index (χ2v) is 8.41. The first kappa shape index (κ1) is 26.7. The molecule has 0 radical (unpaired) electrons. The van der Waals surface area contributed by atoms with Crippen molar-refractivity contribution in [2.45, 2.75) is 38.3 Å². The molecule has 10 heteroatoms. The first-order valence-corrected chi connectivity index (χ1v) is 11.8. The Hall–Kier alpha value is -3.89. The second-order valence-electron chi connectivity index (χ2n) is 8.41. The molecule has 0 aliphatic rings. The van der Waals surface area contributed by atoms with Crippen LogP contribution in [-0.2, 0) is 9.59 Å². The predicted molar refractivity (Wildman–Crippen MR) is 134 cm³/mol. The summed E-state index contributed by atoms with van der Waals surface area (Å²) in [7, 11) is 0. The zero-order valence-electron chi connectivity index (χ0n) is 20.1. The molecule has 0 spiro atoms. The van der Waals surface area contributed by atoms with Crippen molar-refractivity contribution in [2.24, 2.45) is 0 Å². The number of aliphatic hydroxyl groups is 1. The van der Waals surface area contributed by atoms with Crippen molar-refractivity contribution in [1.29, 1.82) is 0 Å². The normalized spacial score (nSPS) is 12.6. The van der Waals surface area contributed by atoms with E-state index in [1.54, 1.807) is 30.3 Å². The highest BCUT2D eigenvalue weighted by Gasteiger charge is 2.20. The molecule has 2 aromatic carbocycles. The first-order valence-electron chi connectivity index (χ1n) is 11.8. The van der Waals surface area contributed by atoms with Crippen LogP contribution in [0.5, 0.6) is 0 Å². The van der Waals surface area contributed by atoms with Crippen LogP contribution in [0, 0.1) is 6.92 Å². The molecule has 10 nitrogen and oxygen atoms in total. The van der Waals surface area contributed by atoms with E-state index in [4.69, 9.17) is 0 Å². The van der Waals surface area contributed by atoms with Gasteiger partial charge in [0.15, 0.2) is 0 Å². The number of amides is 2. The van der Waals surface area contributed by atoms with Crippen LogP contribution in [0.4, 0.5) is 0 Å². The number of benzene rings is 2. The lowest BCUT2D eigenvalue weighted by molar-refractivity contribution is -0.141. The fourth-order valence-corrected chi connectivity index (χ4v) is 3.71. The number of aliphatic carboxylic acids is 1. The van der Waals surface area contributed by atoms with E-state index in [0.29, 0.717) is 36.3 Å². The standard InChI is InChI=1S/C26H31N5O5/c1-17-24(31-20-12-6-5-11-19(20)29-17)22(32)15-27-14-8-7-13-21(26(35)36)30-23(33)16-28-25(34)18-9-3-2-4-10-18/h2-6,9-12,21-22,27,32H,7-8,13-16H2,1H3,(H,28,34)(H,30,33)(H,35,36)/t21-,22?/m0/s1. The summed E-state index contributed by atoms with van der Waals surface area (Å²) in [5.74, 6) is -2.11. The number of carboxylic acids is 1. The maximum Gasteiger partial charge on any atom is 0.326 e. The Morgan fingerprint density at radius 1 is 0.944 bits per heavy atom. The van der Waals surface area contributed by atoms with E-state index in [1.807, 2.05) is 31.2 Å². The third-order valence-electron chi connectivity index (χ3n) is 5.61. The van der Waals surface area contributed by atoms with Crippen LogP contribution in [0.25, 0.3) is 11.0 Å². The summed E-state index contributed by atoms with van der Waals surface area (Å²) in [6.45, 7) is 2.35. The van der Waals surface area contributed by atoms with E-state index in [1.165, 1.54) is 0 Å². The maximum absolute atomic E-state index is 12.1. The van der Waals surface area contributed by atoms with Gasteiger partial charge in [-0.1, -0.05) is 30.3 Å². The SMILES string of the molecule is Cc1nc2ccccc2nc1C(O)CNCCCC[C@H](NC(=O)CNC(=O)c1ccccc1)C(=O)O. The number of aromatic nitrogens is 2. The number of nitrogens with zero attached hydrogens (tertiary/aromatic N) is 2. The van der Waals surface area contributed by atoms with Crippen molar-refractivity contribution in [1.82, 2.24) is 25.9 Å². The average Bonchev–Trinajstić information content (AvgIpc) is 2.88. The van der Waals surface area contributed by atoms with Gasteiger partial charge in [0.25, 0.3) is 5.91 Å². The van der Waals surface area contributed by atoms with E-state index in [9.17, 15) is 24.6 Å². The van der Waals surface area contributed by atoms with Gasteiger partial charge >= 0.3 is 5.97 Å². The van der Waals surface area contributed by atoms with Crippen molar-refractivity contribution in [3.05, 3.63) is 71.5 Å². The van der Waals surface area contributed by atoms with Crippen molar-refractivity contribution in [3.63, 3.8) is 0 Å². The molecule has 1 unspecified atom stereocenters. The van der Waals surface area contributed by atoms with Gasteiger partial charge in [-0.3, -0.25) is 9.59 Å². The van der Waals surface area contributed by atoms with E-state index in [-0.39, 0.29) is 19.5 Å². The van der Waals surface area contributed by atoms with Crippen molar-refractivity contribution >= 4 is 28.8 Å². The Morgan fingerprint density at radius 2 is 1.61 bits per heavy atom. The van der Waals surface area contributed by atoms with Gasteiger partial charge in [-0.15, -0.1) is 0 Å². The highest BCUT2D eigenvalue weighted by Crippen LogP contribution is 2.17. The smallest absolute Gasteiger partial charge is 0.326 e. The summed E-state index contributed by atoms with van der Waals surface area (Å²) in [5, 5.41) is 28.0. The number of rotatable bonds is 13. The summed E-state index contributed by atoms with van der Waals surface area (Å²) < 4.78 is 0. The molecule has 2 amide bonds. The first-order chi connectivity index (χ1) is 17.3. The van der Waals surface area contributed by atoms with Gasteiger partial charge in [-0.05, 0) is 57.0 Å². The van der Waals surface area contributed by atoms with Crippen LogP contribution in [0.2, 0.25) is 0 Å². The second kappa shape index (κ2) is 13.3. The molecule has 0 fully saturated rings. The number of hydrogen-bond donors (Lipinski definition) is 5. The summed E-state index contributed by atoms with van der Waals surface area (Å²) in [6, 6.07) is 14.9. The quantitative estimate of drug-likeness (QED) is 0.226. The minimum Gasteiger partial charge on any atom is -0.480 e. The van der Waals surface area contributed by atoms with Crippen LogP contribution in [0.3, 0.4) is 0 Å². The number of unbranched alkanes of at least 4 members (excludes halogenated alkanes) is 1. The molecule has 3 rings (SSSR count). The lowest BCUT2D eigenvalue weighted by Gasteiger charge is -2.16. The molecule has 2 atom stereocenters. The fraction of sp³-hybridized carbons (Fsp3) is 0.346. The number of hydrogen-bond acceptors (Lipinski definition) is 7. The lowest BCUT2D eigenvalue weighted by Crippen LogP contribution is -2.45. The van der Waals surface area contributed by atoms with Gasteiger partial charge in [0.05, 0.1) is 29.0 Å². The molecule has 0 aliphatic heterocycles. The van der Waals surface area contributed by atoms with Crippen molar-refractivity contribution < 1.29 is 24.6 Å². The zero-order chi connectivity index (χ0) is 25.9. The van der Waals surface area contributed by atoms with E-state index in [2.05, 4.69) is 25.9 Å². The molecule has 36 heavy (non-hydrogen) atoms. The lowest BCUT2D eigenvalue weighted by atomic mass is 10.1. The summed E-state index contributed by atoms with van der Waals surface area (Å²) >= 11 is 0. The molecule has 3 aromatic rings. The monoisotopic (exact) mass is 493 g/mol. The molecule has 5 N–H and O–H groups in total. The molecule has 0 bridgehead atoms. The maximum atomic E-state index is 12.1. The topological polar surface area (TPSA) is 154 Å². The van der Waals surface area contributed by atoms with Gasteiger partial charge in [-0.2, -0.15) is 0 Å². The highest BCUT2D eigenvalue weighted by atomic mass is 16.4. The predicted octanol–water partition coefficient (Wildman–Crippen LogP) is 1.73. The minimum atomic E-state index is -1.13. The average molecular weight is 494 g/mol. The van der Waals surface area contributed by atoms with Crippen LogP contribution in [0.1, 0.15) is 47.1 Å². The third-order valence-corrected chi connectivity index (χ3v) is 5.61. The molecule has 0 saturated carbocycles. The molecule has 1 heterocycles. The Kier molecular flexibility index (Phi) is 9.84. The molecule has 190 valence electrons. The van der Waals surface area contributed by atoms with Crippen molar-refractivity contribution in [2.75, 3.05) is 19.6 Å². The molecular weight excluding hydrogens is 462 g/mol. The van der Waals surface area contributed by atoms with E-state index < -0.39 is 29.9 Å². The van der Waals surface area contributed by atoms with Gasteiger partial charge in [-0.25, -0.2) is 14.8 Å². The number of aliphatic hydroxyl groups excluding tert-OH is 1.